The van der Waals surface area contributed by atoms with E-state index in [-0.39, 0.29) is 23.8 Å². The second-order valence-corrected chi connectivity index (χ2v) is 4.39. The molecule has 0 saturated carbocycles. The molecule has 0 radical (unpaired) electrons. The summed E-state index contributed by atoms with van der Waals surface area (Å²) in [4.78, 5) is 40.5. The average Bonchev–Trinajstić information content (AvgIpc) is 2.45. The lowest BCUT2D eigenvalue weighted by Crippen LogP contribution is -2.32. The topological polar surface area (TPSA) is 150 Å². The Hall–Kier alpha value is -2.94. The number of aromatic nitrogens is 2. The third kappa shape index (κ3) is 4.27. The van der Waals surface area contributed by atoms with Crippen molar-refractivity contribution in [3.8, 4) is 0 Å². The summed E-state index contributed by atoms with van der Waals surface area (Å²) >= 11 is 0. The van der Waals surface area contributed by atoms with E-state index in [2.05, 4.69) is 15.3 Å². The molecule has 1 heterocycles. The Kier molecular flexibility index (Phi) is 5.80. The highest BCUT2D eigenvalue weighted by Crippen LogP contribution is 2.21. The molecule has 1 aromatic carbocycles. The van der Waals surface area contributed by atoms with Crippen LogP contribution in [-0.4, -0.2) is 49.2 Å². The van der Waals surface area contributed by atoms with Crippen molar-refractivity contribution in [2.24, 2.45) is 0 Å². The van der Waals surface area contributed by atoms with Crippen LogP contribution in [0.5, 0.6) is 0 Å². The van der Waals surface area contributed by atoms with Gasteiger partial charge >= 0.3 is 17.9 Å². The Balaban J connectivity index is 0.00000264. The van der Waals surface area contributed by atoms with E-state index >= 15 is 0 Å². The molecule has 0 spiro atoms. The zero-order valence-corrected chi connectivity index (χ0v) is 12.3. The van der Waals surface area contributed by atoms with Gasteiger partial charge in [-0.2, -0.15) is 0 Å². The van der Waals surface area contributed by atoms with Crippen molar-refractivity contribution in [3.05, 3.63) is 30.1 Å². The summed E-state index contributed by atoms with van der Waals surface area (Å²) in [6.07, 6.45) is 0.504. The largest absolute Gasteiger partial charge is 0.481 e. The van der Waals surface area contributed by atoms with Crippen LogP contribution in [0, 0.1) is 0 Å². The number of nitrogens with one attached hydrogen (secondary N) is 1. The minimum absolute atomic E-state index is 0. The first kappa shape index (κ1) is 18.1. The molecule has 4 N–H and O–H groups in total. The molecule has 0 fully saturated rings. The molecule has 122 valence electrons. The molecule has 1 unspecified atom stereocenters. The number of benzene rings is 1. The smallest absolute Gasteiger partial charge is 0.335 e. The Morgan fingerprint density at radius 3 is 2.39 bits per heavy atom. The van der Waals surface area contributed by atoms with Gasteiger partial charge in [-0.15, -0.1) is 12.4 Å². The van der Waals surface area contributed by atoms with Gasteiger partial charge in [0.25, 0.3) is 0 Å². The Morgan fingerprint density at radius 2 is 1.83 bits per heavy atom. The van der Waals surface area contributed by atoms with Crippen LogP contribution in [0.2, 0.25) is 0 Å². The minimum atomic E-state index is -1.37. The van der Waals surface area contributed by atoms with E-state index in [1.165, 1.54) is 18.2 Å². The Bertz CT molecular complexity index is 766. The maximum absolute atomic E-state index is 11.1. The van der Waals surface area contributed by atoms with Gasteiger partial charge in [0.05, 0.1) is 17.5 Å². The molecule has 2 rings (SSSR count). The summed E-state index contributed by atoms with van der Waals surface area (Å²) in [6.45, 7) is 0. The van der Waals surface area contributed by atoms with E-state index in [0.29, 0.717) is 10.9 Å². The lowest BCUT2D eigenvalue weighted by atomic mass is 10.1. The highest BCUT2D eigenvalue weighted by atomic mass is 35.5. The number of aromatic carboxylic acids is 1. The van der Waals surface area contributed by atoms with Gasteiger partial charge in [-0.1, -0.05) is 0 Å². The molecule has 1 atom stereocenters. The van der Waals surface area contributed by atoms with Gasteiger partial charge in [0.1, 0.15) is 18.2 Å². The number of aliphatic carboxylic acids is 2. The van der Waals surface area contributed by atoms with Crippen molar-refractivity contribution in [2.45, 2.75) is 12.5 Å². The quantitative estimate of drug-likeness (QED) is 0.605. The minimum Gasteiger partial charge on any atom is -0.481 e. The van der Waals surface area contributed by atoms with Crippen molar-refractivity contribution in [3.63, 3.8) is 0 Å². The van der Waals surface area contributed by atoms with E-state index < -0.39 is 30.4 Å². The first-order chi connectivity index (χ1) is 10.4. The fourth-order valence-corrected chi connectivity index (χ4v) is 1.84. The van der Waals surface area contributed by atoms with Gasteiger partial charge in [0.2, 0.25) is 0 Å². The van der Waals surface area contributed by atoms with Crippen molar-refractivity contribution in [1.82, 2.24) is 9.97 Å². The summed E-state index contributed by atoms with van der Waals surface area (Å²) in [6, 6.07) is 2.71. The third-order valence-electron chi connectivity index (χ3n) is 2.87. The van der Waals surface area contributed by atoms with E-state index in [0.717, 1.165) is 6.33 Å². The fraction of sp³-hybridized carbons (Fsp3) is 0.154. The zero-order valence-electron chi connectivity index (χ0n) is 11.5. The predicted molar refractivity (Wildman–Crippen MR) is 81.0 cm³/mol. The van der Waals surface area contributed by atoms with Crippen molar-refractivity contribution in [2.75, 3.05) is 5.32 Å². The summed E-state index contributed by atoms with van der Waals surface area (Å²) in [5.74, 6) is -3.61. The van der Waals surface area contributed by atoms with Crippen molar-refractivity contribution in [1.29, 1.82) is 0 Å². The molecule has 0 bridgehead atoms. The summed E-state index contributed by atoms with van der Waals surface area (Å²) < 4.78 is 0. The summed E-state index contributed by atoms with van der Waals surface area (Å²) in [7, 11) is 0. The van der Waals surface area contributed by atoms with Crippen LogP contribution < -0.4 is 5.32 Å². The van der Waals surface area contributed by atoms with Crippen LogP contribution in [0.1, 0.15) is 16.8 Å². The zero-order chi connectivity index (χ0) is 16.3. The number of halogens is 1. The first-order valence-electron chi connectivity index (χ1n) is 6.07. The molecule has 0 aliphatic rings. The molecule has 0 aliphatic carbocycles. The molecule has 10 heteroatoms. The van der Waals surface area contributed by atoms with Crippen LogP contribution in [0.4, 0.5) is 5.82 Å². The van der Waals surface area contributed by atoms with E-state index in [4.69, 9.17) is 15.3 Å². The van der Waals surface area contributed by atoms with Gasteiger partial charge in [-0.05, 0) is 18.2 Å². The maximum Gasteiger partial charge on any atom is 0.335 e. The second-order valence-electron chi connectivity index (χ2n) is 4.39. The van der Waals surface area contributed by atoms with Gasteiger partial charge in [-0.3, -0.25) is 4.79 Å². The average molecular weight is 342 g/mol. The molecule has 2 aromatic rings. The first-order valence-corrected chi connectivity index (χ1v) is 6.07. The molecule has 1 aromatic heterocycles. The number of nitrogens with zero attached hydrogens (tertiary/aromatic N) is 2. The highest BCUT2D eigenvalue weighted by molar-refractivity contribution is 5.97. The van der Waals surface area contributed by atoms with E-state index in [1.54, 1.807) is 0 Å². The number of rotatable bonds is 6. The number of fused-ring (bicyclic) bond motifs is 1. The Labute approximate surface area is 135 Å². The fourth-order valence-electron chi connectivity index (χ4n) is 1.84. The standard InChI is InChI=1S/C13H11N3O6.ClH/c17-10(18)4-9(13(21)22)16-11-7-2-1-6(12(19)20)3-8(7)14-5-15-11;/h1-3,5,9H,4H2,(H,17,18)(H,19,20)(H,21,22)(H,14,15,16);1H. The molecule has 0 aliphatic heterocycles. The molecular weight excluding hydrogens is 330 g/mol. The number of hydrogen-bond acceptors (Lipinski definition) is 6. The molecule has 0 amide bonds. The number of carboxylic acid groups (broad SMARTS) is 3. The van der Waals surface area contributed by atoms with Gasteiger partial charge in [0, 0.05) is 5.39 Å². The van der Waals surface area contributed by atoms with Crippen LogP contribution >= 0.6 is 12.4 Å². The SMILES string of the molecule is Cl.O=C(O)CC(Nc1ncnc2cc(C(=O)O)ccc12)C(=O)O. The van der Waals surface area contributed by atoms with Crippen molar-refractivity contribution >= 4 is 47.0 Å². The van der Waals surface area contributed by atoms with Gasteiger partial charge < -0.3 is 20.6 Å². The number of carboxylic acids is 3. The predicted octanol–water partition coefficient (Wildman–Crippen LogP) is 1.09. The Morgan fingerprint density at radius 1 is 1.13 bits per heavy atom. The normalized spacial score (nSPS) is 11.3. The molecule has 0 saturated heterocycles. The second kappa shape index (κ2) is 7.36. The number of carbonyl (C=O) groups is 3. The molecular formula is C13H12ClN3O6. The van der Waals surface area contributed by atoms with E-state index in [9.17, 15) is 14.4 Å². The van der Waals surface area contributed by atoms with Crippen LogP contribution in [0.3, 0.4) is 0 Å². The monoisotopic (exact) mass is 341 g/mol. The van der Waals surface area contributed by atoms with Crippen LogP contribution in [-0.2, 0) is 9.59 Å². The lowest BCUT2D eigenvalue weighted by Gasteiger charge is -2.14. The molecule has 23 heavy (non-hydrogen) atoms. The van der Waals surface area contributed by atoms with E-state index in [1.807, 2.05) is 0 Å². The molecule has 9 nitrogen and oxygen atoms in total. The highest BCUT2D eigenvalue weighted by Gasteiger charge is 2.22. The summed E-state index contributed by atoms with van der Waals surface area (Å²) in [5, 5.41) is 29.6. The summed E-state index contributed by atoms with van der Waals surface area (Å²) in [5.41, 5.74) is 0.328. The van der Waals surface area contributed by atoms with Crippen LogP contribution in [0.15, 0.2) is 24.5 Å². The number of hydrogen-bond donors (Lipinski definition) is 4. The van der Waals surface area contributed by atoms with Gasteiger partial charge in [-0.25, -0.2) is 19.6 Å². The third-order valence-corrected chi connectivity index (χ3v) is 2.87. The number of anilines is 1. The lowest BCUT2D eigenvalue weighted by molar-refractivity contribution is -0.144. The van der Waals surface area contributed by atoms with Crippen molar-refractivity contribution < 1.29 is 29.7 Å². The maximum atomic E-state index is 11.1. The van der Waals surface area contributed by atoms with Crippen LogP contribution in [0.25, 0.3) is 10.9 Å². The van der Waals surface area contributed by atoms with Gasteiger partial charge in [0.15, 0.2) is 0 Å².